The number of ether oxygens (including phenoxy) is 1. The first-order valence-electron chi connectivity index (χ1n) is 7.00. The van der Waals surface area contributed by atoms with Crippen LogP contribution in [0.25, 0.3) is 0 Å². The summed E-state index contributed by atoms with van der Waals surface area (Å²) in [5.41, 5.74) is 6.16. The molecular weight excluding hydrogens is 337 g/mol. The SMILES string of the molecule is COCC(N)C(=O)Nc1cccn(Cc2ccc(F)cc2)c1=O.Cl. The Morgan fingerprint density at radius 3 is 2.62 bits per heavy atom. The van der Waals surface area contributed by atoms with E-state index >= 15 is 0 Å². The van der Waals surface area contributed by atoms with Crippen molar-refractivity contribution in [1.29, 1.82) is 0 Å². The number of pyridine rings is 1. The molecule has 0 saturated heterocycles. The van der Waals surface area contributed by atoms with E-state index in [0.29, 0.717) is 0 Å². The van der Waals surface area contributed by atoms with Crippen LogP contribution in [0, 0.1) is 5.82 Å². The number of methoxy groups -OCH3 is 1. The summed E-state index contributed by atoms with van der Waals surface area (Å²) < 4.78 is 19.1. The summed E-state index contributed by atoms with van der Waals surface area (Å²) in [6, 6.07) is 8.14. The van der Waals surface area contributed by atoms with Gasteiger partial charge in [-0.2, -0.15) is 0 Å². The average Bonchev–Trinajstić information content (AvgIpc) is 2.53. The number of nitrogens with zero attached hydrogens (tertiary/aromatic N) is 1. The van der Waals surface area contributed by atoms with E-state index in [0.717, 1.165) is 5.56 Å². The molecule has 0 aliphatic carbocycles. The minimum Gasteiger partial charge on any atom is -0.383 e. The van der Waals surface area contributed by atoms with Gasteiger partial charge in [0.25, 0.3) is 5.56 Å². The Kier molecular flexibility index (Phi) is 7.57. The van der Waals surface area contributed by atoms with E-state index in [2.05, 4.69) is 5.32 Å². The third-order valence-corrected chi connectivity index (χ3v) is 3.23. The second kappa shape index (κ2) is 9.17. The van der Waals surface area contributed by atoms with Gasteiger partial charge in [-0.25, -0.2) is 4.39 Å². The van der Waals surface area contributed by atoms with Crippen molar-refractivity contribution >= 4 is 24.0 Å². The number of nitrogens with one attached hydrogen (secondary N) is 1. The van der Waals surface area contributed by atoms with Crippen molar-refractivity contribution < 1.29 is 13.9 Å². The number of benzene rings is 1. The largest absolute Gasteiger partial charge is 0.383 e. The van der Waals surface area contributed by atoms with E-state index < -0.39 is 11.9 Å². The van der Waals surface area contributed by atoms with Crippen LogP contribution >= 0.6 is 12.4 Å². The maximum Gasteiger partial charge on any atom is 0.274 e. The molecular formula is C16H19ClFN3O3. The predicted molar refractivity (Wildman–Crippen MR) is 91.9 cm³/mol. The van der Waals surface area contributed by atoms with E-state index in [9.17, 15) is 14.0 Å². The van der Waals surface area contributed by atoms with Crippen molar-refractivity contribution in [2.75, 3.05) is 19.0 Å². The highest BCUT2D eigenvalue weighted by Gasteiger charge is 2.15. The van der Waals surface area contributed by atoms with Crippen LogP contribution in [0.4, 0.5) is 10.1 Å². The van der Waals surface area contributed by atoms with Gasteiger partial charge in [-0.3, -0.25) is 9.59 Å². The lowest BCUT2D eigenvalue weighted by atomic mass is 10.2. The zero-order valence-electron chi connectivity index (χ0n) is 13.1. The van der Waals surface area contributed by atoms with Gasteiger partial charge in [-0.05, 0) is 29.8 Å². The molecule has 1 heterocycles. The zero-order chi connectivity index (χ0) is 16.8. The summed E-state index contributed by atoms with van der Waals surface area (Å²) in [6.07, 6.45) is 1.59. The van der Waals surface area contributed by atoms with Crippen molar-refractivity contribution in [3.63, 3.8) is 0 Å². The van der Waals surface area contributed by atoms with Crippen molar-refractivity contribution in [3.05, 3.63) is 64.3 Å². The number of anilines is 1. The van der Waals surface area contributed by atoms with Gasteiger partial charge in [-0.15, -0.1) is 12.4 Å². The lowest BCUT2D eigenvalue weighted by molar-refractivity contribution is -0.118. The fraction of sp³-hybridized carbons (Fsp3) is 0.250. The van der Waals surface area contributed by atoms with E-state index in [1.807, 2.05) is 0 Å². The first-order chi connectivity index (χ1) is 11.0. The van der Waals surface area contributed by atoms with Crippen molar-refractivity contribution in [2.24, 2.45) is 5.73 Å². The Balaban J connectivity index is 0.00000288. The van der Waals surface area contributed by atoms with Gasteiger partial charge in [0.15, 0.2) is 0 Å². The Morgan fingerprint density at radius 2 is 2.00 bits per heavy atom. The zero-order valence-corrected chi connectivity index (χ0v) is 13.9. The molecule has 0 spiro atoms. The number of aromatic nitrogens is 1. The topological polar surface area (TPSA) is 86.3 Å². The summed E-state index contributed by atoms with van der Waals surface area (Å²) in [5.74, 6) is -0.835. The van der Waals surface area contributed by atoms with Gasteiger partial charge in [0, 0.05) is 13.3 Å². The van der Waals surface area contributed by atoms with Crippen LogP contribution in [0.5, 0.6) is 0 Å². The minimum atomic E-state index is -0.856. The molecule has 1 amide bonds. The maximum atomic E-state index is 12.9. The second-order valence-electron chi connectivity index (χ2n) is 5.03. The second-order valence-corrected chi connectivity index (χ2v) is 5.03. The Morgan fingerprint density at radius 1 is 1.33 bits per heavy atom. The van der Waals surface area contributed by atoms with Crippen LogP contribution in [0.15, 0.2) is 47.4 Å². The van der Waals surface area contributed by atoms with Crippen LogP contribution in [0.1, 0.15) is 5.56 Å². The highest BCUT2D eigenvalue weighted by atomic mass is 35.5. The van der Waals surface area contributed by atoms with E-state index in [4.69, 9.17) is 10.5 Å². The maximum absolute atomic E-state index is 12.9. The quantitative estimate of drug-likeness (QED) is 0.819. The number of rotatable bonds is 6. The summed E-state index contributed by atoms with van der Waals surface area (Å²) in [5, 5.41) is 2.49. The van der Waals surface area contributed by atoms with Gasteiger partial charge >= 0.3 is 0 Å². The van der Waals surface area contributed by atoms with Gasteiger partial charge in [0.05, 0.1) is 13.2 Å². The third kappa shape index (κ3) is 5.16. The number of nitrogens with two attached hydrogens (primary N) is 1. The normalized spacial score (nSPS) is 11.5. The molecule has 0 radical (unpaired) electrons. The van der Waals surface area contributed by atoms with Crippen LogP contribution in [-0.4, -0.2) is 30.2 Å². The van der Waals surface area contributed by atoms with Crippen molar-refractivity contribution in [2.45, 2.75) is 12.6 Å². The highest BCUT2D eigenvalue weighted by molar-refractivity contribution is 5.94. The molecule has 1 unspecified atom stereocenters. The van der Waals surface area contributed by atoms with E-state index in [-0.39, 0.29) is 42.6 Å². The summed E-state index contributed by atoms with van der Waals surface area (Å²) in [6.45, 7) is 0.329. The Labute approximate surface area is 144 Å². The summed E-state index contributed by atoms with van der Waals surface area (Å²) in [7, 11) is 1.44. The van der Waals surface area contributed by atoms with Gasteiger partial charge < -0.3 is 20.4 Å². The minimum absolute atomic E-state index is 0. The molecule has 0 aliphatic heterocycles. The van der Waals surface area contributed by atoms with Crippen LogP contribution in [0.2, 0.25) is 0 Å². The molecule has 1 aromatic heterocycles. The van der Waals surface area contributed by atoms with Gasteiger partial charge in [0.2, 0.25) is 5.91 Å². The third-order valence-electron chi connectivity index (χ3n) is 3.23. The molecule has 0 fully saturated rings. The molecule has 0 aliphatic rings. The molecule has 1 aromatic carbocycles. The number of carbonyl (C=O) groups is 1. The number of halogens is 2. The summed E-state index contributed by atoms with van der Waals surface area (Å²) in [4.78, 5) is 24.2. The molecule has 24 heavy (non-hydrogen) atoms. The predicted octanol–water partition coefficient (Wildman–Crippen LogP) is 1.37. The molecule has 2 rings (SSSR count). The molecule has 0 saturated carbocycles. The first kappa shape index (κ1) is 19.8. The molecule has 6 nitrogen and oxygen atoms in total. The lowest BCUT2D eigenvalue weighted by Crippen LogP contribution is -2.40. The molecule has 1 atom stereocenters. The standard InChI is InChI=1S/C16H18FN3O3.ClH/c1-23-10-13(18)15(21)19-14-3-2-8-20(16(14)22)9-11-4-6-12(17)7-5-11;/h2-8,13H,9-10,18H2,1H3,(H,19,21);1H. The number of carbonyl (C=O) groups excluding carboxylic acids is 1. The highest BCUT2D eigenvalue weighted by Crippen LogP contribution is 2.06. The number of hydrogen-bond donors (Lipinski definition) is 2. The summed E-state index contributed by atoms with van der Waals surface area (Å²) >= 11 is 0. The Bertz CT molecular complexity index is 734. The van der Waals surface area contributed by atoms with Crippen LogP contribution in [0.3, 0.4) is 0 Å². The monoisotopic (exact) mass is 355 g/mol. The molecule has 3 N–H and O–H groups in total. The fourth-order valence-electron chi connectivity index (χ4n) is 2.02. The van der Waals surface area contributed by atoms with Crippen molar-refractivity contribution in [3.8, 4) is 0 Å². The van der Waals surface area contributed by atoms with E-state index in [1.54, 1.807) is 24.4 Å². The number of amides is 1. The molecule has 0 bridgehead atoms. The average molecular weight is 356 g/mol. The van der Waals surface area contributed by atoms with E-state index in [1.165, 1.54) is 29.9 Å². The van der Waals surface area contributed by atoms with Crippen molar-refractivity contribution in [1.82, 2.24) is 4.57 Å². The first-order valence-corrected chi connectivity index (χ1v) is 7.00. The smallest absolute Gasteiger partial charge is 0.274 e. The van der Waals surface area contributed by atoms with Crippen LogP contribution < -0.4 is 16.6 Å². The lowest BCUT2D eigenvalue weighted by Gasteiger charge is -2.12. The molecule has 8 heteroatoms. The Hall–Kier alpha value is -2.22. The van der Waals surface area contributed by atoms with Crippen LogP contribution in [-0.2, 0) is 16.1 Å². The number of hydrogen-bond acceptors (Lipinski definition) is 4. The van der Waals surface area contributed by atoms with Gasteiger partial charge in [0.1, 0.15) is 17.5 Å². The molecule has 2 aromatic rings. The van der Waals surface area contributed by atoms with Gasteiger partial charge in [-0.1, -0.05) is 12.1 Å². The fourth-order valence-corrected chi connectivity index (χ4v) is 2.02. The molecule has 130 valence electrons.